The van der Waals surface area contributed by atoms with Gasteiger partial charge in [0, 0.05) is 12.2 Å². The quantitative estimate of drug-likeness (QED) is 0.633. The number of anilines is 1. The fraction of sp³-hybridized carbons (Fsp3) is 0.318. The second-order valence-corrected chi connectivity index (χ2v) is 7.25. The van der Waals surface area contributed by atoms with Crippen molar-refractivity contribution in [3.05, 3.63) is 69.1 Å². The zero-order valence-electron chi connectivity index (χ0n) is 17.2. The summed E-state index contributed by atoms with van der Waals surface area (Å²) in [5, 5.41) is 0. The third-order valence-corrected chi connectivity index (χ3v) is 5.05. The number of alkyl halides is 3. The molecule has 0 saturated heterocycles. The number of rotatable bonds is 4. The Morgan fingerprint density at radius 3 is 2.37 bits per heavy atom. The number of fused-ring (bicyclic) bond motifs is 1. The van der Waals surface area contributed by atoms with E-state index in [4.69, 9.17) is 0 Å². The van der Waals surface area contributed by atoms with Crippen molar-refractivity contribution in [3.63, 3.8) is 0 Å². The molecular weight excluding hydrogens is 395 g/mol. The van der Waals surface area contributed by atoms with Crippen LogP contribution in [0.4, 0.5) is 18.9 Å². The largest absolute Gasteiger partial charge is 0.438 e. The maximum absolute atomic E-state index is 13.4. The molecular formula is C22H22F3N3O2. The summed E-state index contributed by atoms with van der Waals surface area (Å²) in [4.78, 5) is 30.7. The Morgan fingerprint density at radius 2 is 1.77 bits per heavy atom. The lowest BCUT2D eigenvalue weighted by Gasteiger charge is -2.23. The second-order valence-electron chi connectivity index (χ2n) is 7.25. The van der Waals surface area contributed by atoms with Gasteiger partial charge in [0.25, 0.3) is 5.56 Å². The lowest BCUT2D eigenvalue weighted by Crippen LogP contribution is -2.39. The molecule has 8 heteroatoms. The maximum Gasteiger partial charge on any atom is 0.438 e. The van der Waals surface area contributed by atoms with Gasteiger partial charge in [-0.3, -0.25) is 14.2 Å². The van der Waals surface area contributed by atoms with Gasteiger partial charge in [-0.1, -0.05) is 12.1 Å². The summed E-state index contributed by atoms with van der Waals surface area (Å²) in [5.74, 6) is -0.482. The lowest BCUT2D eigenvalue weighted by molar-refractivity contribution is -0.142. The van der Waals surface area contributed by atoms with Gasteiger partial charge >= 0.3 is 6.18 Å². The third kappa shape index (κ3) is 4.08. The summed E-state index contributed by atoms with van der Waals surface area (Å²) in [6.07, 6.45) is -4.92. The van der Waals surface area contributed by atoms with Gasteiger partial charge in [0.05, 0.1) is 11.0 Å². The topological polar surface area (TPSA) is 55.2 Å². The number of aryl methyl sites for hydroxylation is 3. The van der Waals surface area contributed by atoms with Gasteiger partial charge in [-0.25, -0.2) is 4.98 Å². The molecule has 158 valence electrons. The molecule has 5 nitrogen and oxygen atoms in total. The predicted molar refractivity (Wildman–Crippen MR) is 110 cm³/mol. The Hall–Kier alpha value is -3.16. The first-order chi connectivity index (χ1) is 14.0. The van der Waals surface area contributed by atoms with Crippen LogP contribution in [-0.4, -0.2) is 22.0 Å². The zero-order valence-corrected chi connectivity index (χ0v) is 17.2. The lowest BCUT2D eigenvalue weighted by atomic mass is 10.1. The number of likely N-dealkylation sites (N-methyl/N-ethyl adjacent to an activating group) is 1. The smallest absolute Gasteiger partial charge is 0.311 e. The van der Waals surface area contributed by atoms with E-state index in [0.717, 1.165) is 21.3 Å². The van der Waals surface area contributed by atoms with Crippen molar-refractivity contribution in [2.24, 2.45) is 0 Å². The van der Waals surface area contributed by atoms with E-state index in [1.54, 1.807) is 39.0 Å². The standard InChI is InChI=1S/C22H22F3N3O2/c1-5-27(16-8-6-7-13(2)9-16)19(29)12-28-18-11-15(4)14(3)10-17(18)26-20(21(28)30)22(23,24)25/h6-11H,5,12H2,1-4H3. The number of hydrogen-bond acceptors (Lipinski definition) is 3. The molecule has 1 aromatic heterocycles. The number of hydrogen-bond donors (Lipinski definition) is 0. The molecule has 0 spiro atoms. The van der Waals surface area contributed by atoms with E-state index in [0.29, 0.717) is 12.2 Å². The van der Waals surface area contributed by atoms with E-state index in [2.05, 4.69) is 4.98 Å². The molecule has 0 radical (unpaired) electrons. The molecule has 30 heavy (non-hydrogen) atoms. The fourth-order valence-corrected chi connectivity index (χ4v) is 3.36. The van der Waals surface area contributed by atoms with E-state index in [1.165, 1.54) is 11.0 Å². The van der Waals surface area contributed by atoms with Crippen molar-refractivity contribution in [2.75, 3.05) is 11.4 Å². The number of amides is 1. The number of nitrogens with zero attached hydrogens (tertiary/aromatic N) is 3. The van der Waals surface area contributed by atoms with Gasteiger partial charge in [0.2, 0.25) is 11.6 Å². The number of benzene rings is 2. The Bertz CT molecular complexity index is 1180. The number of carbonyl (C=O) groups is 1. The molecule has 0 bridgehead atoms. The average Bonchev–Trinajstić information content (AvgIpc) is 2.65. The van der Waals surface area contributed by atoms with Crippen molar-refractivity contribution >= 4 is 22.6 Å². The van der Waals surface area contributed by atoms with Crippen LogP contribution in [0.5, 0.6) is 0 Å². The van der Waals surface area contributed by atoms with Crippen LogP contribution in [0.2, 0.25) is 0 Å². The van der Waals surface area contributed by atoms with Crippen LogP contribution >= 0.6 is 0 Å². The van der Waals surface area contributed by atoms with E-state index in [-0.39, 0.29) is 11.0 Å². The highest BCUT2D eigenvalue weighted by Crippen LogP contribution is 2.27. The van der Waals surface area contributed by atoms with Crippen LogP contribution in [0.1, 0.15) is 29.3 Å². The minimum Gasteiger partial charge on any atom is -0.311 e. The van der Waals surface area contributed by atoms with Crippen LogP contribution < -0.4 is 10.5 Å². The highest BCUT2D eigenvalue weighted by Gasteiger charge is 2.37. The molecule has 3 aromatic rings. The van der Waals surface area contributed by atoms with Crippen molar-refractivity contribution in [1.82, 2.24) is 9.55 Å². The van der Waals surface area contributed by atoms with Crippen LogP contribution in [0.3, 0.4) is 0 Å². The van der Waals surface area contributed by atoms with E-state index in [1.807, 2.05) is 19.1 Å². The summed E-state index contributed by atoms with van der Waals surface area (Å²) in [5.41, 5.74) is 0.468. The van der Waals surface area contributed by atoms with Gasteiger partial charge in [-0.2, -0.15) is 13.2 Å². The number of aromatic nitrogens is 2. The minimum atomic E-state index is -4.92. The molecule has 0 N–H and O–H groups in total. The van der Waals surface area contributed by atoms with Gasteiger partial charge in [-0.05, 0) is 68.7 Å². The molecule has 0 aliphatic heterocycles. The Kier molecular flexibility index (Phi) is 5.70. The van der Waals surface area contributed by atoms with Crippen LogP contribution in [0.25, 0.3) is 11.0 Å². The van der Waals surface area contributed by atoms with Crippen molar-refractivity contribution < 1.29 is 18.0 Å². The summed E-state index contributed by atoms with van der Waals surface area (Å²) in [6.45, 7) is 6.97. The third-order valence-electron chi connectivity index (χ3n) is 5.05. The number of carbonyl (C=O) groups excluding carboxylic acids is 1. The first kappa shape index (κ1) is 21.5. The van der Waals surface area contributed by atoms with Gasteiger partial charge < -0.3 is 4.90 Å². The van der Waals surface area contributed by atoms with Crippen LogP contribution in [0.15, 0.2) is 41.2 Å². The summed E-state index contributed by atoms with van der Waals surface area (Å²) in [7, 11) is 0. The average molecular weight is 417 g/mol. The second kappa shape index (κ2) is 7.93. The normalized spacial score (nSPS) is 11.7. The van der Waals surface area contributed by atoms with E-state index in [9.17, 15) is 22.8 Å². The molecule has 0 unspecified atom stereocenters. The van der Waals surface area contributed by atoms with Crippen molar-refractivity contribution in [3.8, 4) is 0 Å². The Balaban J connectivity index is 2.16. The monoisotopic (exact) mass is 417 g/mol. The van der Waals surface area contributed by atoms with Gasteiger partial charge in [0.1, 0.15) is 6.54 Å². The fourth-order valence-electron chi connectivity index (χ4n) is 3.36. The molecule has 0 aliphatic rings. The molecule has 0 aliphatic carbocycles. The SMILES string of the molecule is CCN(C(=O)Cn1c(=O)c(C(F)(F)F)nc2cc(C)c(C)cc21)c1cccc(C)c1. The van der Waals surface area contributed by atoms with Crippen molar-refractivity contribution in [1.29, 1.82) is 0 Å². The molecule has 2 aromatic carbocycles. The van der Waals surface area contributed by atoms with Crippen LogP contribution in [-0.2, 0) is 17.5 Å². The number of halogens is 3. The summed E-state index contributed by atoms with van der Waals surface area (Å²) in [6, 6.07) is 10.3. The molecule has 0 atom stereocenters. The van der Waals surface area contributed by atoms with E-state index >= 15 is 0 Å². The molecule has 0 saturated carbocycles. The first-order valence-corrected chi connectivity index (χ1v) is 9.49. The first-order valence-electron chi connectivity index (χ1n) is 9.49. The molecule has 0 fully saturated rings. The molecule has 3 rings (SSSR count). The Labute approximate surface area is 171 Å². The molecule has 1 amide bonds. The summed E-state index contributed by atoms with van der Waals surface area (Å²) < 4.78 is 41.2. The zero-order chi connectivity index (χ0) is 22.2. The molecule has 1 heterocycles. The van der Waals surface area contributed by atoms with E-state index < -0.39 is 29.9 Å². The van der Waals surface area contributed by atoms with Crippen LogP contribution in [0, 0.1) is 20.8 Å². The predicted octanol–water partition coefficient (Wildman–Crippen LogP) is 4.39. The highest BCUT2D eigenvalue weighted by atomic mass is 19.4. The van der Waals surface area contributed by atoms with Gasteiger partial charge in [0.15, 0.2) is 0 Å². The van der Waals surface area contributed by atoms with Crippen molar-refractivity contribution in [2.45, 2.75) is 40.4 Å². The van der Waals surface area contributed by atoms with Gasteiger partial charge in [-0.15, -0.1) is 0 Å². The maximum atomic E-state index is 13.4. The summed E-state index contributed by atoms with van der Waals surface area (Å²) >= 11 is 0. The minimum absolute atomic E-state index is 0.0245. The highest BCUT2D eigenvalue weighted by molar-refractivity contribution is 5.94. The Morgan fingerprint density at radius 1 is 1.10 bits per heavy atom.